The van der Waals surface area contributed by atoms with Gasteiger partial charge in [-0.1, -0.05) is 17.7 Å². The van der Waals surface area contributed by atoms with E-state index in [1.807, 2.05) is 7.05 Å². The van der Waals surface area contributed by atoms with E-state index < -0.39 is 17.8 Å². The van der Waals surface area contributed by atoms with Crippen molar-refractivity contribution in [3.05, 3.63) is 70.4 Å². The Morgan fingerprint density at radius 3 is 2.38 bits per heavy atom. The molecule has 2 heterocycles. The molecule has 37 heavy (non-hydrogen) atoms. The number of rotatable bonds is 7. The summed E-state index contributed by atoms with van der Waals surface area (Å²) >= 11 is 6.24. The van der Waals surface area contributed by atoms with Gasteiger partial charge in [0.15, 0.2) is 0 Å². The summed E-state index contributed by atoms with van der Waals surface area (Å²) in [7, 11) is 3.90. The predicted octanol–water partition coefficient (Wildman–Crippen LogP) is 3.47. The average molecular weight is 525 g/mol. The van der Waals surface area contributed by atoms with Crippen LogP contribution in [0.1, 0.15) is 40.5 Å². The Morgan fingerprint density at radius 1 is 1.05 bits per heavy atom. The Morgan fingerprint density at radius 2 is 1.73 bits per heavy atom. The van der Waals surface area contributed by atoms with Crippen LogP contribution in [0.3, 0.4) is 0 Å². The number of carbonyl (C=O) groups excluding carboxylic acids is 4. The number of nitrogens with zero attached hydrogens (tertiary/aromatic N) is 3. The zero-order valence-electron chi connectivity index (χ0n) is 21.0. The second kappa shape index (κ2) is 11.1. The SMILES string of the molecule is CCOC(=O)c1cccc(N2C(=O)C(Cl)=C(Nc3ccc(C(=O)N(C)C4CCN(C)CC4)cc3)C2=O)c1. The molecule has 0 aliphatic carbocycles. The van der Waals surface area contributed by atoms with Crippen LogP contribution < -0.4 is 10.2 Å². The summed E-state index contributed by atoms with van der Waals surface area (Å²) < 4.78 is 5.00. The number of esters is 1. The van der Waals surface area contributed by atoms with Gasteiger partial charge in [-0.15, -0.1) is 0 Å². The molecule has 2 aliphatic heterocycles. The molecule has 0 unspecified atom stereocenters. The molecule has 1 saturated heterocycles. The molecule has 0 radical (unpaired) electrons. The standard InChI is InChI=1S/C27H29ClN4O5/c1-4-37-27(36)18-6-5-7-21(16-18)32-25(34)22(28)23(26(32)35)29-19-10-8-17(9-11-19)24(33)31(3)20-12-14-30(2)15-13-20/h5-11,16,20,29H,4,12-15H2,1-3H3. The highest BCUT2D eigenvalue weighted by Gasteiger charge is 2.39. The minimum absolute atomic E-state index is 0.0712. The molecule has 3 amide bonds. The number of imide groups is 1. The van der Waals surface area contributed by atoms with Gasteiger partial charge in [0.2, 0.25) is 0 Å². The van der Waals surface area contributed by atoms with Crippen molar-refractivity contribution >= 4 is 46.7 Å². The minimum Gasteiger partial charge on any atom is -0.462 e. The Balaban J connectivity index is 1.46. The highest BCUT2D eigenvalue weighted by Crippen LogP contribution is 2.31. The lowest BCUT2D eigenvalue weighted by atomic mass is 10.0. The fraction of sp³-hybridized carbons (Fsp3) is 0.333. The molecule has 10 heteroatoms. The van der Waals surface area contributed by atoms with Crippen LogP contribution in [0.25, 0.3) is 0 Å². The molecule has 0 bridgehead atoms. The van der Waals surface area contributed by atoms with Crippen molar-refractivity contribution in [2.24, 2.45) is 0 Å². The van der Waals surface area contributed by atoms with Gasteiger partial charge in [-0.25, -0.2) is 9.69 Å². The molecule has 194 valence electrons. The molecule has 1 N–H and O–H groups in total. The predicted molar refractivity (Wildman–Crippen MR) is 140 cm³/mol. The van der Waals surface area contributed by atoms with E-state index in [1.54, 1.807) is 42.2 Å². The Bertz CT molecular complexity index is 1250. The van der Waals surface area contributed by atoms with Crippen LogP contribution in [0.15, 0.2) is 59.3 Å². The zero-order valence-corrected chi connectivity index (χ0v) is 21.7. The molecular formula is C27H29ClN4O5. The van der Waals surface area contributed by atoms with Gasteiger partial charge in [-0.3, -0.25) is 14.4 Å². The molecular weight excluding hydrogens is 496 g/mol. The molecule has 0 aromatic heterocycles. The Hall–Kier alpha value is -3.69. The first-order valence-electron chi connectivity index (χ1n) is 12.1. The van der Waals surface area contributed by atoms with Crippen LogP contribution in [0.4, 0.5) is 11.4 Å². The maximum Gasteiger partial charge on any atom is 0.338 e. The summed E-state index contributed by atoms with van der Waals surface area (Å²) in [6.45, 7) is 3.80. The van der Waals surface area contributed by atoms with Crippen molar-refractivity contribution in [1.82, 2.24) is 9.80 Å². The third kappa shape index (κ3) is 5.52. The molecule has 0 saturated carbocycles. The van der Waals surface area contributed by atoms with Gasteiger partial charge in [0.1, 0.15) is 10.7 Å². The highest BCUT2D eigenvalue weighted by atomic mass is 35.5. The lowest BCUT2D eigenvalue weighted by Crippen LogP contribution is -2.44. The normalized spacial score (nSPS) is 16.8. The van der Waals surface area contributed by atoms with E-state index in [1.165, 1.54) is 18.2 Å². The second-order valence-corrected chi connectivity index (χ2v) is 9.44. The lowest BCUT2D eigenvalue weighted by Gasteiger charge is -2.35. The van der Waals surface area contributed by atoms with Gasteiger partial charge < -0.3 is 19.9 Å². The minimum atomic E-state index is -0.707. The Labute approximate surface area is 220 Å². The van der Waals surface area contributed by atoms with E-state index >= 15 is 0 Å². The summed E-state index contributed by atoms with van der Waals surface area (Å²) in [5.41, 5.74) is 1.35. The van der Waals surface area contributed by atoms with Gasteiger partial charge in [-0.2, -0.15) is 0 Å². The van der Waals surface area contributed by atoms with E-state index in [9.17, 15) is 19.2 Å². The molecule has 0 spiro atoms. The molecule has 0 atom stereocenters. The first-order valence-corrected chi connectivity index (χ1v) is 12.5. The van der Waals surface area contributed by atoms with Crippen molar-refractivity contribution in [2.45, 2.75) is 25.8 Å². The molecule has 9 nitrogen and oxygen atoms in total. The number of halogens is 1. The van der Waals surface area contributed by atoms with Crippen LogP contribution in [-0.4, -0.2) is 73.3 Å². The average Bonchev–Trinajstić information content (AvgIpc) is 3.11. The van der Waals surface area contributed by atoms with Gasteiger partial charge in [0, 0.05) is 24.3 Å². The number of piperidine rings is 1. The maximum atomic E-state index is 13.1. The van der Waals surface area contributed by atoms with Gasteiger partial charge in [0.25, 0.3) is 17.7 Å². The van der Waals surface area contributed by atoms with E-state index in [0.717, 1.165) is 30.8 Å². The van der Waals surface area contributed by atoms with Crippen molar-refractivity contribution in [2.75, 3.05) is 44.0 Å². The lowest BCUT2D eigenvalue weighted by molar-refractivity contribution is -0.120. The summed E-state index contributed by atoms with van der Waals surface area (Å²) in [6, 6.07) is 12.9. The number of hydrogen-bond acceptors (Lipinski definition) is 7. The largest absolute Gasteiger partial charge is 0.462 e. The number of benzene rings is 2. The van der Waals surface area contributed by atoms with Crippen molar-refractivity contribution < 1.29 is 23.9 Å². The topological polar surface area (TPSA) is 99.3 Å². The molecule has 2 aromatic carbocycles. The summed E-state index contributed by atoms with van der Waals surface area (Å²) in [4.78, 5) is 55.9. The molecule has 2 aromatic rings. The fourth-order valence-electron chi connectivity index (χ4n) is 4.42. The Kier molecular flexibility index (Phi) is 7.94. The third-order valence-electron chi connectivity index (χ3n) is 6.60. The first kappa shape index (κ1) is 26.4. The van der Waals surface area contributed by atoms with Gasteiger partial charge >= 0.3 is 5.97 Å². The van der Waals surface area contributed by atoms with E-state index in [4.69, 9.17) is 16.3 Å². The number of amides is 3. The number of likely N-dealkylation sites (tertiary alicyclic amines) is 1. The number of ether oxygens (including phenoxy) is 1. The van der Waals surface area contributed by atoms with E-state index in [2.05, 4.69) is 17.3 Å². The molecule has 2 aliphatic rings. The zero-order chi connectivity index (χ0) is 26.7. The van der Waals surface area contributed by atoms with Gasteiger partial charge in [-0.05, 0) is 82.4 Å². The highest BCUT2D eigenvalue weighted by molar-refractivity contribution is 6.53. The van der Waals surface area contributed by atoms with Crippen molar-refractivity contribution in [3.8, 4) is 0 Å². The van der Waals surface area contributed by atoms with Crippen LogP contribution in [0, 0.1) is 0 Å². The first-order chi connectivity index (χ1) is 17.7. The van der Waals surface area contributed by atoms with Crippen LogP contribution in [0.5, 0.6) is 0 Å². The third-order valence-corrected chi connectivity index (χ3v) is 6.95. The smallest absolute Gasteiger partial charge is 0.338 e. The number of anilines is 2. The fourth-order valence-corrected chi connectivity index (χ4v) is 4.64. The number of hydrogen-bond donors (Lipinski definition) is 1. The van der Waals surface area contributed by atoms with Crippen LogP contribution in [-0.2, 0) is 14.3 Å². The number of carbonyl (C=O) groups is 4. The van der Waals surface area contributed by atoms with Crippen LogP contribution >= 0.6 is 11.6 Å². The van der Waals surface area contributed by atoms with Crippen molar-refractivity contribution in [3.63, 3.8) is 0 Å². The quantitative estimate of drug-likeness (QED) is 0.437. The monoisotopic (exact) mass is 524 g/mol. The summed E-state index contributed by atoms with van der Waals surface area (Å²) in [5.74, 6) is -1.99. The van der Waals surface area contributed by atoms with E-state index in [-0.39, 0.29) is 40.5 Å². The molecule has 4 rings (SSSR count). The summed E-state index contributed by atoms with van der Waals surface area (Å²) in [5, 5.41) is 2.64. The maximum absolute atomic E-state index is 13.1. The second-order valence-electron chi connectivity index (χ2n) is 9.06. The molecule has 1 fully saturated rings. The van der Waals surface area contributed by atoms with Crippen molar-refractivity contribution in [1.29, 1.82) is 0 Å². The number of nitrogens with one attached hydrogen (secondary N) is 1. The van der Waals surface area contributed by atoms with Crippen LogP contribution in [0.2, 0.25) is 0 Å². The van der Waals surface area contributed by atoms with Gasteiger partial charge in [0.05, 0.1) is 17.9 Å². The van der Waals surface area contributed by atoms with E-state index in [0.29, 0.717) is 11.3 Å². The summed E-state index contributed by atoms with van der Waals surface area (Å²) in [6.07, 6.45) is 1.86.